The zero-order chi connectivity index (χ0) is 21.2. The van der Waals surface area contributed by atoms with Gasteiger partial charge < -0.3 is 8.94 Å². The molecule has 0 bridgehead atoms. The van der Waals surface area contributed by atoms with Gasteiger partial charge in [-0.1, -0.05) is 53.7 Å². The van der Waals surface area contributed by atoms with E-state index in [2.05, 4.69) is 54.5 Å². The first-order chi connectivity index (χ1) is 15.2. The maximum absolute atomic E-state index is 6.15. The maximum Gasteiger partial charge on any atom is 0.156 e. The first-order valence-electron chi connectivity index (χ1n) is 10.4. The fraction of sp³-hybridized carbons (Fsp3) is 0.200. The second-order valence-corrected chi connectivity index (χ2v) is 7.85. The van der Waals surface area contributed by atoms with E-state index in [0.717, 1.165) is 33.7 Å². The summed E-state index contributed by atoms with van der Waals surface area (Å²) in [4.78, 5) is 2.23. The second-order valence-electron chi connectivity index (χ2n) is 7.85. The highest BCUT2D eigenvalue weighted by Crippen LogP contribution is 2.31. The molecule has 0 saturated carbocycles. The Labute approximate surface area is 180 Å². The zero-order valence-electron chi connectivity index (χ0n) is 17.6. The zero-order valence-corrected chi connectivity index (χ0v) is 17.6. The van der Waals surface area contributed by atoms with Crippen molar-refractivity contribution in [3.8, 4) is 11.5 Å². The van der Waals surface area contributed by atoms with Crippen LogP contribution in [0.1, 0.15) is 29.8 Å². The largest absolute Gasteiger partial charge is 0.454 e. The quantitative estimate of drug-likeness (QED) is 0.352. The van der Waals surface area contributed by atoms with Gasteiger partial charge in [-0.15, -0.1) is 0 Å². The number of furan rings is 1. The van der Waals surface area contributed by atoms with Gasteiger partial charge >= 0.3 is 0 Å². The van der Waals surface area contributed by atoms with E-state index in [4.69, 9.17) is 14.0 Å². The van der Waals surface area contributed by atoms with Crippen LogP contribution in [0.25, 0.3) is 22.4 Å². The van der Waals surface area contributed by atoms with Gasteiger partial charge in [0.25, 0.3) is 0 Å². The first kappa shape index (κ1) is 19.3. The highest BCUT2D eigenvalue weighted by molar-refractivity contribution is 5.82. The molecule has 0 radical (unpaired) electrons. The van der Waals surface area contributed by atoms with Gasteiger partial charge in [0.2, 0.25) is 0 Å². The molecule has 3 aromatic heterocycles. The van der Waals surface area contributed by atoms with E-state index in [-0.39, 0.29) is 6.04 Å². The summed E-state index contributed by atoms with van der Waals surface area (Å²) in [5.74, 6) is 0.783. The lowest BCUT2D eigenvalue weighted by atomic mass is 10.1. The molecule has 156 valence electrons. The van der Waals surface area contributed by atoms with Gasteiger partial charge in [0.1, 0.15) is 23.2 Å². The minimum Gasteiger partial charge on any atom is -0.454 e. The van der Waals surface area contributed by atoms with Crippen LogP contribution in [-0.2, 0) is 13.1 Å². The Morgan fingerprint density at radius 1 is 1.03 bits per heavy atom. The molecule has 5 aromatic rings. The Morgan fingerprint density at radius 2 is 1.84 bits per heavy atom. The van der Waals surface area contributed by atoms with Crippen molar-refractivity contribution in [1.82, 2.24) is 19.8 Å². The summed E-state index contributed by atoms with van der Waals surface area (Å²) in [5, 5.41) is 10.1. The molecular formula is C25H24N4O2. The minimum atomic E-state index is 0.111. The lowest BCUT2D eigenvalue weighted by molar-refractivity contribution is 0.241. The molecule has 0 fully saturated rings. The third kappa shape index (κ3) is 4.02. The lowest BCUT2D eigenvalue weighted by Crippen LogP contribution is -2.22. The predicted octanol–water partition coefficient (Wildman–Crippen LogP) is 5.53. The summed E-state index contributed by atoms with van der Waals surface area (Å²) in [6.07, 6.45) is 3.72. The number of hydrogen-bond donors (Lipinski definition) is 0. The van der Waals surface area contributed by atoms with Gasteiger partial charge in [0, 0.05) is 29.8 Å². The fourth-order valence-corrected chi connectivity index (χ4v) is 3.80. The minimum absolute atomic E-state index is 0.111. The third-order valence-corrected chi connectivity index (χ3v) is 5.65. The molecule has 3 heterocycles. The standard InChI is InChI=1S/C25H24N4O2/c1-18(22-12-13-30-27-22)28(2)16-21-17-29(15-19-8-4-3-5-9-19)26-25(21)24-14-20-10-6-7-11-23(20)31-24/h3-14,17-18H,15-16H2,1-2H3/t18-/m0/s1. The van der Waals surface area contributed by atoms with Crippen LogP contribution in [0.2, 0.25) is 0 Å². The normalized spacial score (nSPS) is 12.6. The highest BCUT2D eigenvalue weighted by atomic mass is 16.5. The van der Waals surface area contributed by atoms with Crippen molar-refractivity contribution in [2.75, 3.05) is 7.05 Å². The number of rotatable bonds is 7. The number of fused-ring (bicyclic) bond motifs is 1. The summed E-state index contributed by atoms with van der Waals surface area (Å²) >= 11 is 0. The SMILES string of the molecule is C[C@@H](c1ccon1)N(C)Cc1cn(Cc2ccccc2)nc1-c1cc2ccccc2o1. The first-order valence-corrected chi connectivity index (χ1v) is 10.4. The molecule has 0 aliphatic rings. The number of benzene rings is 2. The topological polar surface area (TPSA) is 60.2 Å². The van der Waals surface area contributed by atoms with Gasteiger partial charge in [-0.2, -0.15) is 5.10 Å². The fourth-order valence-electron chi connectivity index (χ4n) is 3.80. The highest BCUT2D eigenvalue weighted by Gasteiger charge is 2.20. The Hall–Kier alpha value is -3.64. The number of aromatic nitrogens is 3. The molecule has 2 aromatic carbocycles. The Morgan fingerprint density at radius 3 is 2.61 bits per heavy atom. The van der Waals surface area contributed by atoms with Crippen LogP contribution in [0.5, 0.6) is 0 Å². The smallest absolute Gasteiger partial charge is 0.156 e. The van der Waals surface area contributed by atoms with Gasteiger partial charge in [-0.3, -0.25) is 9.58 Å². The Balaban J connectivity index is 1.50. The molecule has 0 unspecified atom stereocenters. The van der Waals surface area contributed by atoms with Crippen molar-refractivity contribution in [3.63, 3.8) is 0 Å². The van der Waals surface area contributed by atoms with Crippen molar-refractivity contribution in [2.45, 2.75) is 26.1 Å². The van der Waals surface area contributed by atoms with Crippen molar-refractivity contribution in [1.29, 1.82) is 0 Å². The molecule has 1 atom stereocenters. The molecule has 0 spiro atoms. The molecule has 31 heavy (non-hydrogen) atoms. The Kier molecular flexibility index (Phi) is 5.14. The van der Waals surface area contributed by atoms with Gasteiger partial charge in [0.15, 0.2) is 5.76 Å². The van der Waals surface area contributed by atoms with Crippen LogP contribution in [-0.4, -0.2) is 26.9 Å². The van der Waals surface area contributed by atoms with Crippen LogP contribution < -0.4 is 0 Å². The average molecular weight is 412 g/mol. The summed E-state index contributed by atoms with van der Waals surface area (Å²) in [6, 6.07) is 22.5. The third-order valence-electron chi connectivity index (χ3n) is 5.65. The van der Waals surface area contributed by atoms with E-state index < -0.39 is 0 Å². The molecule has 6 heteroatoms. The van der Waals surface area contributed by atoms with Crippen molar-refractivity contribution in [3.05, 3.63) is 96.0 Å². The van der Waals surface area contributed by atoms with E-state index in [1.165, 1.54) is 5.56 Å². The molecule has 0 aliphatic carbocycles. The van der Waals surface area contributed by atoms with E-state index >= 15 is 0 Å². The lowest BCUT2D eigenvalue weighted by Gasteiger charge is -2.22. The Bertz CT molecular complexity index is 1240. The van der Waals surface area contributed by atoms with Crippen LogP contribution in [0.15, 0.2) is 88.1 Å². The number of nitrogens with zero attached hydrogens (tertiary/aromatic N) is 4. The van der Waals surface area contributed by atoms with E-state index in [0.29, 0.717) is 13.1 Å². The molecule has 0 saturated heterocycles. The molecular weight excluding hydrogens is 388 g/mol. The van der Waals surface area contributed by atoms with E-state index in [1.807, 2.05) is 47.1 Å². The van der Waals surface area contributed by atoms with Crippen molar-refractivity contribution in [2.24, 2.45) is 0 Å². The van der Waals surface area contributed by atoms with Gasteiger partial charge in [-0.25, -0.2) is 0 Å². The van der Waals surface area contributed by atoms with Crippen LogP contribution in [0, 0.1) is 0 Å². The monoisotopic (exact) mass is 412 g/mol. The van der Waals surface area contributed by atoms with Crippen molar-refractivity contribution < 1.29 is 8.94 Å². The summed E-state index contributed by atoms with van der Waals surface area (Å²) in [7, 11) is 2.08. The summed E-state index contributed by atoms with van der Waals surface area (Å²) < 4.78 is 13.2. The van der Waals surface area contributed by atoms with Gasteiger partial charge in [-0.05, 0) is 31.7 Å². The predicted molar refractivity (Wildman–Crippen MR) is 119 cm³/mol. The van der Waals surface area contributed by atoms with Crippen LogP contribution >= 0.6 is 0 Å². The molecule has 0 amide bonds. The summed E-state index contributed by atoms with van der Waals surface area (Å²) in [5.41, 5.74) is 4.95. The molecule has 6 nitrogen and oxygen atoms in total. The second kappa shape index (κ2) is 8.24. The molecule has 0 aliphatic heterocycles. The van der Waals surface area contributed by atoms with E-state index in [9.17, 15) is 0 Å². The van der Waals surface area contributed by atoms with Crippen LogP contribution in [0.4, 0.5) is 0 Å². The average Bonchev–Trinajstić information content (AvgIpc) is 3.53. The maximum atomic E-state index is 6.15. The van der Waals surface area contributed by atoms with Crippen molar-refractivity contribution >= 4 is 11.0 Å². The molecule has 5 rings (SSSR count). The van der Waals surface area contributed by atoms with Gasteiger partial charge in [0.05, 0.1) is 12.6 Å². The number of para-hydroxylation sites is 1. The molecule has 0 N–H and O–H groups in total. The van der Waals surface area contributed by atoms with Crippen LogP contribution in [0.3, 0.4) is 0 Å². The van der Waals surface area contributed by atoms with E-state index in [1.54, 1.807) is 6.26 Å². The number of hydrogen-bond acceptors (Lipinski definition) is 5. The summed E-state index contributed by atoms with van der Waals surface area (Å²) in [6.45, 7) is 3.53.